The molecule has 0 aliphatic carbocycles. The number of aryl methyl sites for hydroxylation is 2. The van der Waals surface area contributed by atoms with Crippen molar-refractivity contribution in [2.45, 2.75) is 46.1 Å². The van der Waals surface area contributed by atoms with E-state index in [1.165, 1.54) is 29.1 Å². The minimum absolute atomic E-state index is 0.489. The molecule has 5 nitrogen and oxygen atoms in total. The maximum atomic E-state index is 4.95. The number of guanidine groups is 1. The van der Waals surface area contributed by atoms with Gasteiger partial charge in [-0.05, 0) is 64.6 Å². The lowest BCUT2D eigenvalue weighted by Gasteiger charge is -2.38. The minimum Gasteiger partial charge on any atom is -0.357 e. The molecule has 2 unspecified atom stereocenters. The maximum Gasteiger partial charge on any atom is 0.191 e. The van der Waals surface area contributed by atoms with E-state index in [0.717, 1.165) is 42.7 Å². The number of hydrogen-bond acceptors (Lipinski definition) is 5. The summed E-state index contributed by atoms with van der Waals surface area (Å²) >= 11 is 3.67. The van der Waals surface area contributed by atoms with Crippen LogP contribution >= 0.6 is 22.7 Å². The van der Waals surface area contributed by atoms with Gasteiger partial charge in [-0.15, -0.1) is 22.7 Å². The van der Waals surface area contributed by atoms with Gasteiger partial charge in [0.2, 0.25) is 0 Å². The van der Waals surface area contributed by atoms with E-state index in [1.807, 2.05) is 11.3 Å². The van der Waals surface area contributed by atoms with E-state index in [0.29, 0.717) is 12.0 Å². The van der Waals surface area contributed by atoms with Crippen LogP contribution in [-0.4, -0.2) is 49.1 Å². The highest BCUT2D eigenvalue weighted by Crippen LogP contribution is 2.37. The highest BCUT2D eigenvalue weighted by molar-refractivity contribution is 7.11. The van der Waals surface area contributed by atoms with Gasteiger partial charge in [-0.2, -0.15) is 0 Å². The molecule has 0 amide bonds. The molecule has 3 rings (SSSR count). The summed E-state index contributed by atoms with van der Waals surface area (Å²) in [7, 11) is 2.25. The SMILES string of the molecule is CCNC(=NCC1CCCN(C)C1c1cccs1)NCCc1sc(C)nc1C. The molecule has 7 heteroatoms. The van der Waals surface area contributed by atoms with E-state index >= 15 is 0 Å². The van der Waals surface area contributed by atoms with Crippen molar-refractivity contribution in [1.29, 1.82) is 0 Å². The molecule has 1 aliphatic heterocycles. The van der Waals surface area contributed by atoms with Gasteiger partial charge < -0.3 is 10.6 Å². The Hall–Kier alpha value is -1.44. The van der Waals surface area contributed by atoms with Gasteiger partial charge in [0, 0.05) is 41.9 Å². The number of aromatic nitrogens is 1. The molecule has 2 aromatic heterocycles. The van der Waals surface area contributed by atoms with Gasteiger partial charge in [-0.25, -0.2) is 4.98 Å². The summed E-state index contributed by atoms with van der Waals surface area (Å²) in [6.45, 7) is 10.1. The van der Waals surface area contributed by atoms with Crippen LogP contribution in [0.5, 0.6) is 0 Å². The van der Waals surface area contributed by atoms with Gasteiger partial charge >= 0.3 is 0 Å². The smallest absolute Gasteiger partial charge is 0.191 e. The molecule has 1 aliphatic rings. The van der Waals surface area contributed by atoms with Crippen molar-refractivity contribution >= 4 is 28.6 Å². The Morgan fingerprint density at radius 3 is 2.89 bits per heavy atom. The number of piperidine rings is 1. The van der Waals surface area contributed by atoms with Crippen LogP contribution in [0, 0.1) is 19.8 Å². The zero-order valence-corrected chi connectivity index (χ0v) is 19.1. The third-order valence-corrected chi connectivity index (χ3v) is 7.39. The molecular formula is C21H33N5S2. The van der Waals surface area contributed by atoms with Crippen molar-refractivity contribution in [2.75, 3.05) is 33.2 Å². The Morgan fingerprint density at radius 2 is 2.21 bits per heavy atom. The fraction of sp³-hybridized carbons (Fsp3) is 0.619. The number of nitrogens with zero attached hydrogens (tertiary/aromatic N) is 3. The highest BCUT2D eigenvalue weighted by Gasteiger charge is 2.31. The van der Waals surface area contributed by atoms with Crippen LogP contribution in [-0.2, 0) is 6.42 Å². The molecule has 1 fully saturated rings. The standard InChI is InChI=1S/C21H33N5S2/c1-5-22-21(23-11-10-18-15(2)25-16(3)28-18)24-14-17-8-6-12-26(4)20(17)19-9-7-13-27-19/h7,9,13,17,20H,5-6,8,10-12,14H2,1-4H3,(H2,22,23,24). The molecule has 28 heavy (non-hydrogen) atoms. The third-order valence-electron chi connectivity index (χ3n) is 5.31. The Balaban J connectivity index is 1.60. The Bertz CT molecular complexity index is 753. The predicted octanol–water partition coefficient (Wildman–Crippen LogP) is 4.00. The summed E-state index contributed by atoms with van der Waals surface area (Å²) < 4.78 is 0. The second-order valence-electron chi connectivity index (χ2n) is 7.48. The van der Waals surface area contributed by atoms with Crippen LogP contribution < -0.4 is 10.6 Å². The molecule has 0 aromatic carbocycles. The van der Waals surface area contributed by atoms with Crippen LogP contribution in [0.2, 0.25) is 0 Å². The number of thiazole rings is 1. The van der Waals surface area contributed by atoms with Crippen LogP contribution in [0.3, 0.4) is 0 Å². The maximum absolute atomic E-state index is 4.95. The van der Waals surface area contributed by atoms with E-state index in [4.69, 9.17) is 4.99 Å². The largest absolute Gasteiger partial charge is 0.357 e. The summed E-state index contributed by atoms with van der Waals surface area (Å²) in [6, 6.07) is 4.93. The average Bonchev–Trinajstić information content (AvgIpc) is 3.29. The third kappa shape index (κ3) is 5.55. The molecule has 0 spiro atoms. The van der Waals surface area contributed by atoms with Crippen LogP contribution in [0.4, 0.5) is 0 Å². The van der Waals surface area contributed by atoms with Crippen molar-refractivity contribution in [3.8, 4) is 0 Å². The van der Waals surface area contributed by atoms with E-state index < -0.39 is 0 Å². The monoisotopic (exact) mass is 419 g/mol. The van der Waals surface area contributed by atoms with Gasteiger partial charge in [-0.1, -0.05) is 6.07 Å². The van der Waals surface area contributed by atoms with Crippen molar-refractivity contribution in [3.05, 3.63) is 38.0 Å². The Kier molecular flexibility index (Phi) is 7.88. The first-order chi connectivity index (χ1) is 13.6. The topological polar surface area (TPSA) is 52.6 Å². The number of nitrogens with one attached hydrogen (secondary N) is 2. The van der Waals surface area contributed by atoms with Crippen molar-refractivity contribution in [2.24, 2.45) is 10.9 Å². The number of aliphatic imine (C=N–C) groups is 1. The van der Waals surface area contributed by atoms with Gasteiger partial charge in [0.25, 0.3) is 0 Å². The molecule has 154 valence electrons. The van der Waals surface area contributed by atoms with Gasteiger partial charge in [-0.3, -0.25) is 9.89 Å². The summed E-state index contributed by atoms with van der Waals surface area (Å²) in [4.78, 5) is 14.8. The van der Waals surface area contributed by atoms with E-state index in [1.54, 1.807) is 11.3 Å². The lowest BCUT2D eigenvalue weighted by atomic mass is 9.88. The molecule has 1 saturated heterocycles. The second-order valence-corrected chi connectivity index (χ2v) is 9.75. The van der Waals surface area contributed by atoms with Crippen molar-refractivity contribution in [3.63, 3.8) is 0 Å². The number of likely N-dealkylation sites (tertiary alicyclic amines) is 1. The second kappa shape index (κ2) is 10.4. The molecule has 0 bridgehead atoms. The molecule has 0 saturated carbocycles. The normalized spacial score (nSPS) is 21.1. The number of rotatable bonds is 7. The first-order valence-corrected chi connectivity index (χ1v) is 12.0. The molecular weight excluding hydrogens is 386 g/mol. The molecule has 2 N–H and O–H groups in total. The molecule has 3 heterocycles. The van der Waals surface area contributed by atoms with E-state index in [-0.39, 0.29) is 0 Å². The first kappa shape index (κ1) is 21.3. The summed E-state index contributed by atoms with van der Waals surface area (Å²) in [5.41, 5.74) is 1.16. The summed E-state index contributed by atoms with van der Waals surface area (Å²) in [6.07, 6.45) is 3.49. The van der Waals surface area contributed by atoms with Crippen LogP contribution in [0.1, 0.15) is 46.3 Å². The summed E-state index contributed by atoms with van der Waals surface area (Å²) in [5, 5.41) is 10.3. The van der Waals surface area contributed by atoms with Crippen LogP contribution in [0.25, 0.3) is 0 Å². The average molecular weight is 420 g/mol. The van der Waals surface area contributed by atoms with Gasteiger partial charge in [0.05, 0.1) is 10.7 Å². The van der Waals surface area contributed by atoms with E-state index in [2.05, 4.69) is 65.8 Å². The van der Waals surface area contributed by atoms with Crippen LogP contribution in [0.15, 0.2) is 22.5 Å². The number of thiophene rings is 1. The van der Waals surface area contributed by atoms with Gasteiger partial charge in [0.15, 0.2) is 5.96 Å². The first-order valence-electron chi connectivity index (χ1n) is 10.3. The zero-order chi connectivity index (χ0) is 19.9. The minimum atomic E-state index is 0.489. The fourth-order valence-electron chi connectivity index (χ4n) is 4.01. The highest BCUT2D eigenvalue weighted by atomic mass is 32.1. The Labute approximate surface area is 177 Å². The Morgan fingerprint density at radius 1 is 1.36 bits per heavy atom. The lowest BCUT2D eigenvalue weighted by molar-refractivity contribution is 0.128. The number of hydrogen-bond donors (Lipinski definition) is 2. The zero-order valence-electron chi connectivity index (χ0n) is 17.5. The predicted molar refractivity (Wildman–Crippen MR) is 122 cm³/mol. The molecule has 2 atom stereocenters. The molecule has 2 aromatic rings. The quantitative estimate of drug-likeness (QED) is 0.526. The summed E-state index contributed by atoms with van der Waals surface area (Å²) in [5.74, 6) is 1.50. The molecule has 0 radical (unpaired) electrons. The fourth-order valence-corrected chi connectivity index (χ4v) is 5.93. The van der Waals surface area contributed by atoms with E-state index in [9.17, 15) is 0 Å². The lowest BCUT2D eigenvalue weighted by Crippen LogP contribution is -2.40. The van der Waals surface area contributed by atoms with Crippen molar-refractivity contribution < 1.29 is 0 Å². The van der Waals surface area contributed by atoms with Gasteiger partial charge in [0.1, 0.15) is 0 Å². The van der Waals surface area contributed by atoms with Crippen molar-refractivity contribution in [1.82, 2.24) is 20.5 Å².